The fourth-order valence-corrected chi connectivity index (χ4v) is 3.65. The summed E-state index contributed by atoms with van der Waals surface area (Å²) in [6.07, 6.45) is 3.84. The fraction of sp³-hybridized carbons (Fsp3) is 0.474. The summed E-state index contributed by atoms with van der Waals surface area (Å²) in [4.78, 5) is 26.4. The van der Waals surface area contributed by atoms with Gasteiger partial charge in [0.1, 0.15) is 0 Å². The second kappa shape index (κ2) is 7.37. The average Bonchev–Trinajstić information content (AvgIpc) is 3.05. The second-order valence-corrected chi connectivity index (χ2v) is 6.84. The molecule has 2 heterocycles. The Balaban J connectivity index is 1.75. The quantitative estimate of drug-likeness (QED) is 0.885. The van der Waals surface area contributed by atoms with Crippen LogP contribution in [-0.4, -0.2) is 31.7 Å². The smallest absolute Gasteiger partial charge is 0.330 e. The van der Waals surface area contributed by atoms with E-state index >= 15 is 0 Å². The van der Waals surface area contributed by atoms with Crippen molar-refractivity contribution in [3.8, 4) is 0 Å². The third-order valence-corrected chi connectivity index (χ3v) is 5.07. The van der Waals surface area contributed by atoms with Gasteiger partial charge < -0.3 is 9.67 Å². The molecule has 2 atom stereocenters. The van der Waals surface area contributed by atoms with E-state index in [1.807, 2.05) is 30.3 Å². The van der Waals surface area contributed by atoms with E-state index in [1.54, 1.807) is 13.2 Å². The van der Waals surface area contributed by atoms with Crippen LogP contribution in [-0.2, 0) is 20.6 Å². The number of rotatable bonds is 5. The minimum Gasteiger partial charge on any atom is -0.388 e. The molecule has 3 rings (SSSR count). The molecule has 0 saturated carbocycles. The monoisotopic (exact) mass is 343 g/mol. The lowest BCUT2D eigenvalue weighted by molar-refractivity contribution is 0.117. The van der Waals surface area contributed by atoms with Crippen molar-refractivity contribution in [3.63, 3.8) is 0 Å². The summed E-state index contributed by atoms with van der Waals surface area (Å²) in [7, 11) is 3.17. The molecule has 1 N–H and O–H groups in total. The minimum atomic E-state index is -0.505. The van der Waals surface area contributed by atoms with E-state index in [0.29, 0.717) is 18.5 Å². The van der Waals surface area contributed by atoms with Gasteiger partial charge in [-0.25, -0.2) is 4.79 Å². The summed E-state index contributed by atoms with van der Waals surface area (Å²) in [6.45, 7) is 1.41. The van der Waals surface area contributed by atoms with Gasteiger partial charge in [0.05, 0.1) is 6.10 Å². The Labute approximate surface area is 147 Å². The molecule has 134 valence electrons. The molecule has 0 amide bonds. The SMILES string of the molecule is Cn1cc(CN2CCCC2CC(O)c2ccccc2)c(=O)n(C)c1=O. The molecular weight excluding hydrogens is 318 g/mol. The Morgan fingerprint density at radius 1 is 1.20 bits per heavy atom. The van der Waals surface area contributed by atoms with Gasteiger partial charge in [-0.05, 0) is 31.4 Å². The number of nitrogens with zero attached hydrogens (tertiary/aromatic N) is 3. The van der Waals surface area contributed by atoms with Gasteiger partial charge in [0.25, 0.3) is 5.56 Å². The number of hydrogen-bond acceptors (Lipinski definition) is 4. The summed E-state index contributed by atoms with van der Waals surface area (Å²) in [5, 5.41) is 10.5. The van der Waals surface area contributed by atoms with Crippen LogP contribution in [0, 0.1) is 0 Å². The van der Waals surface area contributed by atoms with Gasteiger partial charge in [0, 0.05) is 38.4 Å². The van der Waals surface area contributed by atoms with Gasteiger partial charge in [0.15, 0.2) is 0 Å². The van der Waals surface area contributed by atoms with Crippen molar-refractivity contribution in [2.24, 2.45) is 14.1 Å². The number of likely N-dealkylation sites (tertiary alicyclic amines) is 1. The second-order valence-electron chi connectivity index (χ2n) is 6.84. The minimum absolute atomic E-state index is 0.233. The molecule has 1 aromatic heterocycles. The zero-order valence-corrected chi connectivity index (χ0v) is 14.8. The van der Waals surface area contributed by atoms with Gasteiger partial charge in [0.2, 0.25) is 0 Å². The van der Waals surface area contributed by atoms with E-state index in [0.717, 1.165) is 29.5 Å². The average molecular weight is 343 g/mol. The van der Waals surface area contributed by atoms with Gasteiger partial charge in [-0.3, -0.25) is 14.3 Å². The molecule has 2 unspecified atom stereocenters. The number of aryl methyl sites for hydroxylation is 1. The van der Waals surface area contributed by atoms with E-state index in [1.165, 1.54) is 11.6 Å². The standard InChI is InChI=1S/C19H25N3O3/c1-20-12-15(18(24)21(2)19(20)25)13-22-10-6-9-16(22)11-17(23)14-7-4-3-5-8-14/h3-5,7-8,12,16-17,23H,6,9-11,13H2,1-2H3. The molecule has 25 heavy (non-hydrogen) atoms. The Kier molecular flexibility index (Phi) is 5.20. The summed E-state index contributed by atoms with van der Waals surface area (Å²) >= 11 is 0. The molecule has 0 radical (unpaired) electrons. The molecule has 1 aromatic carbocycles. The number of aliphatic hydroxyl groups is 1. The first-order chi connectivity index (χ1) is 12.0. The van der Waals surface area contributed by atoms with Gasteiger partial charge in [-0.2, -0.15) is 0 Å². The van der Waals surface area contributed by atoms with Crippen molar-refractivity contribution < 1.29 is 5.11 Å². The molecule has 1 aliphatic rings. The van der Waals surface area contributed by atoms with E-state index in [4.69, 9.17) is 0 Å². The van der Waals surface area contributed by atoms with Crippen molar-refractivity contribution in [1.82, 2.24) is 14.0 Å². The Bertz CT molecular complexity index is 841. The first kappa shape index (κ1) is 17.6. The fourth-order valence-electron chi connectivity index (χ4n) is 3.65. The first-order valence-corrected chi connectivity index (χ1v) is 8.70. The highest BCUT2D eigenvalue weighted by Gasteiger charge is 2.28. The molecule has 0 spiro atoms. The summed E-state index contributed by atoms with van der Waals surface area (Å²) in [5.41, 5.74) is 0.988. The Morgan fingerprint density at radius 3 is 2.64 bits per heavy atom. The molecule has 1 saturated heterocycles. The highest BCUT2D eigenvalue weighted by molar-refractivity contribution is 5.17. The van der Waals surface area contributed by atoms with Crippen LogP contribution in [0.5, 0.6) is 0 Å². The number of aromatic nitrogens is 2. The summed E-state index contributed by atoms with van der Waals surface area (Å²) in [6, 6.07) is 9.91. The summed E-state index contributed by atoms with van der Waals surface area (Å²) in [5.74, 6) is 0. The van der Waals surface area contributed by atoms with Crippen LogP contribution in [0.25, 0.3) is 0 Å². The van der Waals surface area contributed by atoms with Crippen LogP contribution < -0.4 is 11.2 Å². The van der Waals surface area contributed by atoms with Crippen LogP contribution >= 0.6 is 0 Å². The zero-order chi connectivity index (χ0) is 18.0. The largest absolute Gasteiger partial charge is 0.388 e. The Morgan fingerprint density at radius 2 is 1.92 bits per heavy atom. The normalized spacial score (nSPS) is 19.2. The molecule has 0 aliphatic carbocycles. The van der Waals surface area contributed by atoms with Gasteiger partial charge in [-0.1, -0.05) is 30.3 Å². The molecule has 1 aliphatic heterocycles. The maximum Gasteiger partial charge on any atom is 0.330 e. The van der Waals surface area contributed by atoms with Crippen LogP contribution in [0.2, 0.25) is 0 Å². The van der Waals surface area contributed by atoms with Crippen molar-refractivity contribution in [2.75, 3.05) is 6.54 Å². The lowest BCUT2D eigenvalue weighted by atomic mass is 10.0. The van der Waals surface area contributed by atoms with Crippen LogP contribution in [0.4, 0.5) is 0 Å². The number of aliphatic hydroxyl groups excluding tert-OH is 1. The van der Waals surface area contributed by atoms with Crippen molar-refractivity contribution in [1.29, 1.82) is 0 Å². The Hall–Kier alpha value is -2.18. The third-order valence-electron chi connectivity index (χ3n) is 5.07. The van der Waals surface area contributed by atoms with Crippen molar-refractivity contribution >= 4 is 0 Å². The molecular formula is C19H25N3O3. The maximum absolute atomic E-state index is 12.4. The maximum atomic E-state index is 12.4. The zero-order valence-electron chi connectivity index (χ0n) is 14.8. The summed E-state index contributed by atoms with van der Waals surface area (Å²) < 4.78 is 2.60. The lowest BCUT2D eigenvalue weighted by Crippen LogP contribution is -2.41. The van der Waals surface area contributed by atoms with E-state index in [-0.39, 0.29) is 17.3 Å². The molecule has 1 fully saturated rings. The van der Waals surface area contributed by atoms with Crippen molar-refractivity contribution in [3.05, 3.63) is 68.5 Å². The van der Waals surface area contributed by atoms with E-state index < -0.39 is 6.10 Å². The topological polar surface area (TPSA) is 67.5 Å². The van der Waals surface area contributed by atoms with Gasteiger partial charge >= 0.3 is 5.69 Å². The predicted octanol–water partition coefficient (Wildman–Crippen LogP) is 1.17. The van der Waals surface area contributed by atoms with E-state index in [2.05, 4.69) is 4.90 Å². The number of benzene rings is 1. The molecule has 0 bridgehead atoms. The molecule has 6 heteroatoms. The number of hydrogen-bond donors (Lipinski definition) is 1. The predicted molar refractivity (Wildman–Crippen MR) is 96.4 cm³/mol. The van der Waals surface area contributed by atoms with Crippen LogP contribution in [0.15, 0.2) is 46.1 Å². The van der Waals surface area contributed by atoms with Crippen LogP contribution in [0.3, 0.4) is 0 Å². The molecule has 6 nitrogen and oxygen atoms in total. The highest BCUT2D eigenvalue weighted by atomic mass is 16.3. The first-order valence-electron chi connectivity index (χ1n) is 8.70. The van der Waals surface area contributed by atoms with E-state index in [9.17, 15) is 14.7 Å². The van der Waals surface area contributed by atoms with Crippen LogP contribution in [0.1, 0.15) is 36.5 Å². The lowest BCUT2D eigenvalue weighted by Gasteiger charge is -2.26. The third kappa shape index (κ3) is 3.75. The molecule has 2 aromatic rings. The van der Waals surface area contributed by atoms with Crippen molar-refractivity contribution in [2.45, 2.75) is 38.0 Å². The van der Waals surface area contributed by atoms with Gasteiger partial charge in [-0.15, -0.1) is 0 Å². The highest BCUT2D eigenvalue weighted by Crippen LogP contribution is 2.28.